The van der Waals surface area contributed by atoms with Gasteiger partial charge in [-0.3, -0.25) is 4.79 Å². The van der Waals surface area contributed by atoms with Gasteiger partial charge in [0.25, 0.3) is 0 Å². The number of nitrogens with one attached hydrogen (secondary N) is 2. The van der Waals surface area contributed by atoms with Crippen LogP contribution in [0.15, 0.2) is 18.5 Å². The molecule has 0 radical (unpaired) electrons. The van der Waals surface area contributed by atoms with E-state index in [4.69, 9.17) is 0 Å². The molecule has 21 heavy (non-hydrogen) atoms. The normalized spacial score (nSPS) is 19.4. The average molecular weight is 291 g/mol. The number of aromatic nitrogens is 2. The van der Waals surface area contributed by atoms with Crippen LogP contribution in [-0.2, 0) is 4.79 Å². The number of hydrogen-bond donors (Lipinski definition) is 2. The van der Waals surface area contributed by atoms with Gasteiger partial charge in [-0.05, 0) is 39.3 Å². The number of hydrogen-bond acceptors (Lipinski definition) is 5. The first-order valence-corrected chi connectivity index (χ1v) is 7.61. The zero-order valence-corrected chi connectivity index (χ0v) is 13.1. The molecule has 1 saturated heterocycles. The first kappa shape index (κ1) is 15.7. The van der Waals surface area contributed by atoms with Gasteiger partial charge in [0.2, 0.25) is 11.9 Å². The molecule has 2 N–H and O–H groups in total. The topological polar surface area (TPSA) is 70.2 Å². The van der Waals surface area contributed by atoms with Crippen molar-refractivity contribution in [2.24, 2.45) is 0 Å². The van der Waals surface area contributed by atoms with Crippen molar-refractivity contribution in [3.63, 3.8) is 0 Å². The fourth-order valence-electron chi connectivity index (χ4n) is 2.62. The lowest BCUT2D eigenvalue weighted by Crippen LogP contribution is -2.57. The van der Waals surface area contributed by atoms with E-state index < -0.39 is 5.54 Å². The fourth-order valence-corrected chi connectivity index (χ4v) is 2.62. The molecule has 2 heterocycles. The summed E-state index contributed by atoms with van der Waals surface area (Å²) >= 11 is 0. The van der Waals surface area contributed by atoms with Gasteiger partial charge in [0, 0.05) is 31.5 Å². The van der Waals surface area contributed by atoms with Gasteiger partial charge in [0.05, 0.1) is 5.54 Å². The first-order chi connectivity index (χ1) is 10.0. The smallest absolute Gasteiger partial charge is 0.240 e. The van der Waals surface area contributed by atoms with Gasteiger partial charge in [-0.1, -0.05) is 6.92 Å². The lowest BCUT2D eigenvalue weighted by atomic mass is 10.0. The predicted molar refractivity (Wildman–Crippen MR) is 83.2 cm³/mol. The molecule has 0 saturated carbocycles. The van der Waals surface area contributed by atoms with Crippen LogP contribution in [0.3, 0.4) is 0 Å². The summed E-state index contributed by atoms with van der Waals surface area (Å²) in [5.41, 5.74) is -0.541. The molecule has 6 heteroatoms. The van der Waals surface area contributed by atoms with Crippen LogP contribution < -0.4 is 15.5 Å². The maximum absolute atomic E-state index is 12.3. The van der Waals surface area contributed by atoms with E-state index in [1.54, 1.807) is 12.4 Å². The summed E-state index contributed by atoms with van der Waals surface area (Å²) < 4.78 is 0. The molecule has 0 aliphatic carbocycles. The molecule has 0 spiro atoms. The minimum atomic E-state index is -0.541. The molecule has 2 rings (SSSR count). The summed E-state index contributed by atoms with van der Waals surface area (Å²) in [6.45, 7) is 8.30. The van der Waals surface area contributed by atoms with Crippen molar-refractivity contribution in [1.82, 2.24) is 20.6 Å². The van der Waals surface area contributed by atoms with Crippen LogP contribution in [0.4, 0.5) is 5.95 Å². The number of rotatable bonds is 5. The van der Waals surface area contributed by atoms with Crippen molar-refractivity contribution in [2.75, 3.05) is 24.5 Å². The number of nitrogens with zero attached hydrogens (tertiary/aromatic N) is 3. The highest BCUT2D eigenvalue weighted by atomic mass is 16.2. The molecular formula is C15H25N5O. The van der Waals surface area contributed by atoms with E-state index in [2.05, 4.69) is 25.5 Å². The first-order valence-electron chi connectivity index (χ1n) is 7.61. The molecule has 1 atom stereocenters. The van der Waals surface area contributed by atoms with Crippen LogP contribution in [0, 0.1) is 0 Å². The Morgan fingerprint density at radius 1 is 1.43 bits per heavy atom. The summed E-state index contributed by atoms with van der Waals surface area (Å²) in [6.07, 6.45) is 5.53. The zero-order valence-electron chi connectivity index (χ0n) is 13.1. The summed E-state index contributed by atoms with van der Waals surface area (Å²) in [6, 6.07) is 1.96. The van der Waals surface area contributed by atoms with E-state index >= 15 is 0 Å². The van der Waals surface area contributed by atoms with E-state index in [0.717, 1.165) is 38.4 Å². The van der Waals surface area contributed by atoms with E-state index in [1.165, 1.54) is 0 Å². The van der Waals surface area contributed by atoms with Crippen molar-refractivity contribution in [1.29, 1.82) is 0 Å². The second-order valence-corrected chi connectivity index (χ2v) is 5.96. The highest BCUT2D eigenvalue weighted by Crippen LogP contribution is 2.16. The van der Waals surface area contributed by atoms with Crippen molar-refractivity contribution in [2.45, 2.75) is 45.2 Å². The van der Waals surface area contributed by atoms with E-state index in [9.17, 15) is 4.79 Å². The Morgan fingerprint density at radius 2 is 2.14 bits per heavy atom. The number of carbonyl (C=O) groups is 1. The Morgan fingerprint density at radius 3 is 2.81 bits per heavy atom. The summed E-state index contributed by atoms with van der Waals surface area (Å²) in [4.78, 5) is 23.0. The lowest BCUT2D eigenvalue weighted by molar-refractivity contribution is -0.127. The third-order valence-corrected chi connectivity index (χ3v) is 3.78. The quantitative estimate of drug-likeness (QED) is 0.845. The number of carbonyl (C=O) groups excluding carboxylic acids is 1. The van der Waals surface area contributed by atoms with Gasteiger partial charge in [-0.25, -0.2) is 9.97 Å². The van der Waals surface area contributed by atoms with Crippen LogP contribution in [0.2, 0.25) is 0 Å². The molecule has 1 aromatic heterocycles. The molecule has 0 aromatic carbocycles. The second kappa shape index (κ2) is 6.85. The molecule has 6 nitrogen and oxygen atoms in total. The molecule has 1 aromatic rings. The molecule has 1 aliphatic rings. The average Bonchev–Trinajstić information content (AvgIpc) is 2.48. The molecule has 0 bridgehead atoms. The Kier molecular flexibility index (Phi) is 5.12. The van der Waals surface area contributed by atoms with Crippen LogP contribution in [0.25, 0.3) is 0 Å². The summed E-state index contributed by atoms with van der Waals surface area (Å²) in [5.74, 6) is 0.785. The fraction of sp³-hybridized carbons (Fsp3) is 0.667. The molecule has 1 fully saturated rings. The standard InChI is InChI=1S/C15H25N5O/c1-4-18-15(2,3)13(21)19-12-7-5-10-20(11-12)14-16-8-6-9-17-14/h6,8-9,12,18H,4-5,7,10-11H2,1-3H3,(H,19,21). The van der Waals surface area contributed by atoms with Crippen LogP contribution in [0.5, 0.6) is 0 Å². The van der Waals surface area contributed by atoms with Gasteiger partial charge < -0.3 is 15.5 Å². The highest BCUT2D eigenvalue weighted by Gasteiger charge is 2.30. The maximum atomic E-state index is 12.3. The third kappa shape index (κ3) is 4.14. The molecule has 1 unspecified atom stereocenters. The SMILES string of the molecule is CCNC(C)(C)C(=O)NC1CCCN(c2ncccn2)C1. The van der Waals surface area contributed by atoms with E-state index in [1.807, 2.05) is 26.8 Å². The van der Waals surface area contributed by atoms with Gasteiger partial charge in [0.1, 0.15) is 0 Å². The summed E-state index contributed by atoms with van der Waals surface area (Å²) in [7, 11) is 0. The zero-order chi connectivity index (χ0) is 15.3. The van der Waals surface area contributed by atoms with Gasteiger partial charge >= 0.3 is 0 Å². The third-order valence-electron chi connectivity index (χ3n) is 3.78. The number of anilines is 1. The Bertz CT molecular complexity index is 462. The van der Waals surface area contributed by atoms with E-state index in [0.29, 0.717) is 0 Å². The monoisotopic (exact) mass is 291 g/mol. The lowest BCUT2D eigenvalue weighted by Gasteiger charge is -2.35. The Labute approximate surface area is 126 Å². The minimum Gasteiger partial charge on any atom is -0.350 e. The minimum absolute atomic E-state index is 0.0465. The molecular weight excluding hydrogens is 266 g/mol. The van der Waals surface area contributed by atoms with Crippen LogP contribution in [-0.4, -0.2) is 47.1 Å². The molecule has 116 valence electrons. The van der Waals surface area contributed by atoms with Crippen LogP contribution >= 0.6 is 0 Å². The van der Waals surface area contributed by atoms with Crippen molar-refractivity contribution in [3.05, 3.63) is 18.5 Å². The van der Waals surface area contributed by atoms with Crippen LogP contribution in [0.1, 0.15) is 33.6 Å². The Hall–Kier alpha value is -1.69. The van der Waals surface area contributed by atoms with Gasteiger partial charge in [-0.15, -0.1) is 0 Å². The van der Waals surface area contributed by atoms with Gasteiger partial charge in [-0.2, -0.15) is 0 Å². The van der Waals surface area contributed by atoms with Crippen molar-refractivity contribution in [3.8, 4) is 0 Å². The predicted octanol–water partition coefficient (Wildman–Crippen LogP) is 0.950. The maximum Gasteiger partial charge on any atom is 0.240 e. The van der Waals surface area contributed by atoms with Crippen molar-refractivity contribution >= 4 is 11.9 Å². The molecule has 1 aliphatic heterocycles. The van der Waals surface area contributed by atoms with Crippen molar-refractivity contribution < 1.29 is 4.79 Å². The van der Waals surface area contributed by atoms with E-state index in [-0.39, 0.29) is 11.9 Å². The number of likely N-dealkylation sites (N-methyl/N-ethyl adjacent to an activating group) is 1. The summed E-state index contributed by atoms with van der Waals surface area (Å²) in [5, 5.41) is 6.35. The highest BCUT2D eigenvalue weighted by molar-refractivity contribution is 5.85. The largest absolute Gasteiger partial charge is 0.350 e. The number of piperidine rings is 1. The van der Waals surface area contributed by atoms with Gasteiger partial charge in [0.15, 0.2) is 0 Å². The number of amides is 1. The molecule has 1 amide bonds. The Balaban J connectivity index is 1.94. The second-order valence-electron chi connectivity index (χ2n) is 5.96.